The Morgan fingerprint density at radius 2 is 2.00 bits per heavy atom. The molecule has 0 saturated heterocycles. The summed E-state index contributed by atoms with van der Waals surface area (Å²) in [6, 6.07) is 7.61. The molecule has 1 amide bonds. The van der Waals surface area contributed by atoms with Crippen molar-refractivity contribution in [1.82, 2.24) is 4.98 Å². The number of ether oxygens (including phenoxy) is 2. The zero-order valence-electron chi connectivity index (χ0n) is 16.9. The molecule has 1 heterocycles. The summed E-state index contributed by atoms with van der Waals surface area (Å²) in [5.74, 6) is 0.00825. The van der Waals surface area contributed by atoms with Gasteiger partial charge in [0, 0.05) is 18.0 Å². The lowest BCUT2D eigenvalue weighted by Gasteiger charge is -2.09. The lowest BCUT2D eigenvalue weighted by atomic mass is 10.1. The number of nitrogens with one attached hydrogen (secondary N) is 2. The van der Waals surface area contributed by atoms with Gasteiger partial charge in [-0.3, -0.25) is 4.79 Å². The van der Waals surface area contributed by atoms with Gasteiger partial charge in [-0.05, 0) is 69.7 Å². The minimum Gasteiger partial charge on any atom is -0.459 e. The standard InChI is InChI=1S/C22H28N2O4/c1-13(2)28-22(26)19-14(3)20(23-15(19)4)21(25)24-18-7-5-6-17(10-18)12-27-11-16-8-9-16/h5-7,10,13,16,23H,8-9,11-12H2,1-4H3,(H,24,25). The summed E-state index contributed by atoms with van der Waals surface area (Å²) in [6.45, 7) is 8.43. The summed E-state index contributed by atoms with van der Waals surface area (Å²) in [5, 5.41) is 2.89. The lowest BCUT2D eigenvalue weighted by molar-refractivity contribution is 0.0376. The van der Waals surface area contributed by atoms with Crippen LogP contribution in [0.4, 0.5) is 5.69 Å². The van der Waals surface area contributed by atoms with Crippen molar-refractivity contribution < 1.29 is 19.1 Å². The Morgan fingerprint density at radius 1 is 1.25 bits per heavy atom. The molecular weight excluding hydrogens is 356 g/mol. The Hall–Kier alpha value is -2.60. The van der Waals surface area contributed by atoms with Gasteiger partial charge in [0.25, 0.3) is 5.91 Å². The molecule has 6 heteroatoms. The van der Waals surface area contributed by atoms with Gasteiger partial charge < -0.3 is 19.8 Å². The van der Waals surface area contributed by atoms with Gasteiger partial charge in [0.15, 0.2) is 0 Å². The first-order chi connectivity index (χ1) is 13.3. The van der Waals surface area contributed by atoms with E-state index in [-0.39, 0.29) is 12.0 Å². The first kappa shape index (κ1) is 20.1. The van der Waals surface area contributed by atoms with Gasteiger partial charge in [-0.2, -0.15) is 0 Å². The number of anilines is 1. The van der Waals surface area contributed by atoms with Crippen LogP contribution in [0.5, 0.6) is 0 Å². The second kappa shape index (κ2) is 8.61. The summed E-state index contributed by atoms with van der Waals surface area (Å²) in [6.07, 6.45) is 2.30. The number of rotatable bonds is 8. The maximum absolute atomic E-state index is 12.7. The van der Waals surface area contributed by atoms with Crippen LogP contribution in [0.15, 0.2) is 24.3 Å². The van der Waals surface area contributed by atoms with Crippen molar-refractivity contribution in [3.63, 3.8) is 0 Å². The fourth-order valence-corrected chi connectivity index (χ4v) is 3.12. The van der Waals surface area contributed by atoms with E-state index < -0.39 is 5.97 Å². The summed E-state index contributed by atoms with van der Waals surface area (Å²) in [5.41, 5.74) is 3.69. The van der Waals surface area contributed by atoms with Crippen LogP contribution in [-0.2, 0) is 16.1 Å². The molecule has 1 aromatic carbocycles. The Kier molecular flexibility index (Phi) is 6.19. The van der Waals surface area contributed by atoms with E-state index >= 15 is 0 Å². The van der Waals surface area contributed by atoms with E-state index in [1.54, 1.807) is 27.7 Å². The summed E-state index contributed by atoms with van der Waals surface area (Å²) in [4.78, 5) is 28.1. The van der Waals surface area contributed by atoms with Gasteiger partial charge in [0.2, 0.25) is 0 Å². The van der Waals surface area contributed by atoms with Crippen LogP contribution in [-0.4, -0.2) is 29.6 Å². The van der Waals surface area contributed by atoms with E-state index in [0.29, 0.717) is 34.8 Å². The fraction of sp³-hybridized carbons (Fsp3) is 0.455. The molecule has 1 aliphatic carbocycles. The molecule has 0 atom stereocenters. The number of H-pyrrole nitrogens is 1. The predicted octanol–water partition coefficient (Wildman–Crippen LogP) is 4.38. The largest absolute Gasteiger partial charge is 0.459 e. The van der Waals surface area contributed by atoms with Crippen LogP contribution in [0.2, 0.25) is 0 Å². The average molecular weight is 384 g/mol. The quantitative estimate of drug-likeness (QED) is 0.662. The van der Waals surface area contributed by atoms with Crippen LogP contribution in [0.25, 0.3) is 0 Å². The molecule has 1 saturated carbocycles. The SMILES string of the molecule is Cc1[nH]c(C(=O)Nc2cccc(COCC3CC3)c2)c(C)c1C(=O)OC(C)C. The number of hydrogen-bond donors (Lipinski definition) is 2. The Morgan fingerprint density at radius 3 is 2.68 bits per heavy atom. The van der Waals surface area contributed by atoms with Gasteiger partial charge in [-0.15, -0.1) is 0 Å². The number of aromatic nitrogens is 1. The van der Waals surface area contributed by atoms with Crippen molar-refractivity contribution in [3.05, 3.63) is 52.3 Å². The summed E-state index contributed by atoms with van der Waals surface area (Å²) >= 11 is 0. The molecule has 1 aromatic heterocycles. The van der Waals surface area contributed by atoms with Crippen LogP contribution >= 0.6 is 0 Å². The topological polar surface area (TPSA) is 80.4 Å². The van der Waals surface area contributed by atoms with Gasteiger partial charge in [0.1, 0.15) is 5.69 Å². The number of benzene rings is 1. The van der Waals surface area contributed by atoms with Gasteiger partial charge in [-0.1, -0.05) is 12.1 Å². The van der Waals surface area contributed by atoms with Crippen LogP contribution in [0, 0.1) is 19.8 Å². The number of esters is 1. The Balaban J connectivity index is 1.68. The fourth-order valence-electron chi connectivity index (χ4n) is 3.12. The molecule has 2 aromatic rings. The van der Waals surface area contributed by atoms with Crippen molar-refractivity contribution in [1.29, 1.82) is 0 Å². The third-order valence-electron chi connectivity index (χ3n) is 4.72. The number of carbonyl (C=O) groups excluding carboxylic acids is 2. The van der Waals surface area contributed by atoms with E-state index in [4.69, 9.17) is 9.47 Å². The average Bonchev–Trinajstić information content (AvgIpc) is 3.38. The maximum Gasteiger partial charge on any atom is 0.340 e. The van der Waals surface area contributed by atoms with E-state index in [9.17, 15) is 9.59 Å². The number of aryl methyl sites for hydroxylation is 1. The number of hydrogen-bond acceptors (Lipinski definition) is 4. The molecule has 0 spiro atoms. The van der Waals surface area contributed by atoms with E-state index in [2.05, 4.69) is 10.3 Å². The predicted molar refractivity (Wildman–Crippen MR) is 108 cm³/mol. The maximum atomic E-state index is 12.7. The number of amides is 1. The van der Waals surface area contributed by atoms with Crippen molar-refractivity contribution >= 4 is 17.6 Å². The molecule has 0 radical (unpaired) electrons. The van der Waals surface area contributed by atoms with Crippen molar-refractivity contribution in [2.45, 2.75) is 53.2 Å². The van der Waals surface area contributed by atoms with E-state index in [1.165, 1.54) is 12.8 Å². The second-order valence-electron chi connectivity index (χ2n) is 7.69. The zero-order valence-corrected chi connectivity index (χ0v) is 16.9. The van der Waals surface area contributed by atoms with Crippen LogP contribution < -0.4 is 5.32 Å². The molecule has 0 bridgehead atoms. The zero-order chi connectivity index (χ0) is 20.3. The minimum atomic E-state index is -0.421. The van der Waals surface area contributed by atoms with Crippen molar-refractivity contribution in [2.24, 2.45) is 5.92 Å². The normalized spacial score (nSPS) is 13.6. The Labute approximate surface area is 165 Å². The third kappa shape index (κ3) is 5.01. The summed E-state index contributed by atoms with van der Waals surface area (Å²) < 4.78 is 11.0. The van der Waals surface area contributed by atoms with Crippen LogP contribution in [0.1, 0.15) is 64.4 Å². The molecule has 1 fully saturated rings. The highest BCUT2D eigenvalue weighted by Gasteiger charge is 2.24. The first-order valence-electron chi connectivity index (χ1n) is 9.73. The van der Waals surface area contributed by atoms with Gasteiger partial charge in [0.05, 0.1) is 18.3 Å². The Bertz CT molecular complexity index is 865. The lowest BCUT2D eigenvalue weighted by Crippen LogP contribution is -2.15. The molecule has 3 rings (SSSR count). The summed E-state index contributed by atoms with van der Waals surface area (Å²) in [7, 11) is 0. The first-order valence-corrected chi connectivity index (χ1v) is 9.73. The highest BCUT2D eigenvalue weighted by atomic mass is 16.5. The molecule has 28 heavy (non-hydrogen) atoms. The van der Waals surface area contributed by atoms with Crippen LogP contribution in [0.3, 0.4) is 0 Å². The second-order valence-corrected chi connectivity index (χ2v) is 7.69. The smallest absolute Gasteiger partial charge is 0.340 e. The van der Waals surface area contributed by atoms with Crippen molar-refractivity contribution in [3.8, 4) is 0 Å². The third-order valence-corrected chi connectivity index (χ3v) is 4.72. The van der Waals surface area contributed by atoms with Gasteiger partial charge in [-0.25, -0.2) is 4.79 Å². The molecule has 0 unspecified atom stereocenters. The molecule has 6 nitrogen and oxygen atoms in total. The van der Waals surface area contributed by atoms with Crippen molar-refractivity contribution in [2.75, 3.05) is 11.9 Å². The number of carbonyl (C=O) groups is 2. The minimum absolute atomic E-state index is 0.219. The van der Waals surface area contributed by atoms with E-state index in [0.717, 1.165) is 18.1 Å². The monoisotopic (exact) mass is 384 g/mol. The highest BCUT2D eigenvalue weighted by molar-refractivity contribution is 6.06. The number of aromatic amines is 1. The molecule has 1 aliphatic rings. The highest BCUT2D eigenvalue weighted by Crippen LogP contribution is 2.29. The molecular formula is C22H28N2O4. The molecule has 0 aliphatic heterocycles. The van der Waals surface area contributed by atoms with E-state index in [1.807, 2.05) is 24.3 Å². The van der Waals surface area contributed by atoms with Gasteiger partial charge >= 0.3 is 5.97 Å². The molecule has 2 N–H and O–H groups in total. The molecule has 150 valence electrons.